The van der Waals surface area contributed by atoms with Crippen LogP contribution >= 0.6 is 0 Å². The first-order chi connectivity index (χ1) is 15.3. The number of carbonyl (C=O) groups is 3. The van der Waals surface area contributed by atoms with Crippen LogP contribution in [0.15, 0.2) is 77.9 Å². The summed E-state index contributed by atoms with van der Waals surface area (Å²) in [5.41, 5.74) is 4.13. The van der Waals surface area contributed by atoms with Gasteiger partial charge in [0.15, 0.2) is 0 Å². The van der Waals surface area contributed by atoms with Crippen molar-refractivity contribution in [3.8, 4) is 5.75 Å². The van der Waals surface area contributed by atoms with Crippen LogP contribution in [0.25, 0.3) is 0 Å². The monoisotopic (exact) mass is 433 g/mol. The van der Waals surface area contributed by atoms with Crippen molar-refractivity contribution in [2.75, 3.05) is 5.32 Å². The highest BCUT2D eigenvalue weighted by Gasteiger charge is 2.16. The molecule has 162 valence electrons. The Balaban J connectivity index is 1.69. The lowest BCUT2D eigenvalue weighted by Crippen LogP contribution is -2.33. The van der Waals surface area contributed by atoms with Gasteiger partial charge in [0.05, 0.1) is 17.0 Å². The first kappa shape index (κ1) is 22.4. The molecule has 0 bridgehead atoms. The van der Waals surface area contributed by atoms with Gasteiger partial charge in [-0.1, -0.05) is 42.0 Å². The molecular weight excluding hydrogens is 413 g/mol. The Hall–Kier alpha value is -4.33. The van der Waals surface area contributed by atoms with Gasteiger partial charge >= 0.3 is 17.8 Å². The third-order valence-corrected chi connectivity index (χ3v) is 4.42. The first-order valence-corrected chi connectivity index (χ1v) is 9.63. The highest BCUT2D eigenvalue weighted by molar-refractivity contribution is 6.39. The second kappa shape index (κ2) is 10.1. The molecule has 3 rings (SSSR count). The predicted molar refractivity (Wildman–Crippen MR) is 118 cm³/mol. The second-order valence-electron chi connectivity index (χ2n) is 6.82. The summed E-state index contributed by atoms with van der Waals surface area (Å²) in [5.74, 6) is -3.13. The van der Waals surface area contributed by atoms with Gasteiger partial charge in [-0.25, -0.2) is 14.6 Å². The number of rotatable bonds is 5. The van der Waals surface area contributed by atoms with Crippen LogP contribution in [0.1, 0.15) is 28.4 Å². The van der Waals surface area contributed by atoms with Gasteiger partial charge in [-0.3, -0.25) is 9.59 Å². The maximum atomic E-state index is 13.6. The molecule has 0 heterocycles. The lowest BCUT2D eigenvalue weighted by molar-refractivity contribution is -0.136. The molecule has 0 aliphatic heterocycles. The van der Waals surface area contributed by atoms with E-state index in [0.717, 1.165) is 11.6 Å². The van der Waals surface area contributed by atoms with Crippen molar-refractivity contribution < 1.29 is 23.5 Å². The molecule has 3 aromatic rings. The van der Waals surface area contributed by atoms with Gasteiger partial charge < -0.3 is 10.1 Å². The van der Waals surface area contributed by atoms with Crippen LogP contribution in [0.2, 0.25) is 0 Å². The normalized spacial score (nSPS) is 10.9. The summed E-state index contributed by atoms with van der Waals surface area (Å²) in [4.78, 5) is 36.5. The maximum absolute atomic E-state index is 13.6. The largest absolute Gasteiger partial charge is 0.422 e. The van der Waals surface area contributed by atoms with E-state index in [0.29, 0.717) is 16.8 Å². The third-order valence-electron chi connectivity index (χ3n) is 4.42. The summed E-state index contributed by atoms with van der Waals surface area (Å²) in [6.07, 6.45) is 0. The van der Waals surface area contributed by atoms with E-state index in [4.69, 9.17) is 4.74 Å². The number of hydrogen-bond acceptors (Lipinski definition) is 5. The van der Waals surface area contributed by atoms with Crippen molar-refractivity contribution in [1.29, 1.82) is 0 Å². The standard InChI is InChI=1S/C24H20FN3O4/c1-15-11-13-17(14-12-15)24(31)32-21-10-6-3-7-18(21)16(2)27-28-23(30)22(29)26-20-9-5-4-8-19(20)25/h3-14H,1-2H3,(H,26,29)(H,28,30). The average molecular weight is 433 g/mol. The van der Waals surface area contributed by atoms with Crippen LogP contribution in [-0.2, 0) is 9.59 Å². The fourth-order valence-electron chi connectivity index (χ4n) is 2.69. The van der Waals surface area contributed by atoms with Crippen molar-refractivity contribution >= 4 is 29.2 Å². The molecule has 8 heteroatoms. The lowest BCUT2D eigenvalue weighted by Gasteiger charge is -2.10. The summed E-state index contributed by atoms with van der Waals surface area (Å²) >= 11 is 0. The molecule has 2 N–H and O–H groups in total. The Morgan fingerprint density at radius 1 is 0.875 bits per heavy atom. The number of hydrogen-bond donors (Lipinski definition) is 2. The van der Waals surface area contributed by atoms with Gasteiger partial charge in [0.25, 0.3) is 0 Å². The number of benzene rings is 3. The van der Waals surface area contributed by atoms with E-state index in [1.807, 2.05) is 6.92 Å². The summed E-state index contributed by atoms with van der Waals surface area (Å²) in [5, 5.41) is 6.07. The second-order valence-corrected chi connectivity index (χ2v) is 6.82. The number of carbonyl (C=O) groups excluding carboxylic acids is 3. The van der Waals surface area contributed by atoms with Crippen LogP contribution < -0.4 is 15.5 Å². The molecule has 0 unspecified atom stereocenters. The highest BCUT2D eigenvalue weighted by Crippen LogP contribution is 2.20. The topological polar surface area (TPSA) is 96.9 Å². The fourth-order valence-corrected chi connectivity index (χ4v) is 2.69. The zero-order valence-electron chi connectivity index (χ0n) is 17.4. The van der Waals surface area contributed by atoms with Crippen molar-refractivity contribution in [2.24, 2.45) is 5.10 Å². The first-order valence-electron chi connectivity index (χ1n) is 9.63. The number of hydrazone groups is 1. The lowest BCUT2D eigenvalue weighted by atomic mass is 10.1. The number of nitrogens with one attached hydrogen (secondary N) is 2. The molecule has 0 fully saturated rings. The van der Waals surface area contributed by atoms with E-state index in [9.17, 15) is 18.8 Å². The minimum atomic E-state index is -1.08. The number of aryl methyl sites for hydroxylation is 1. The molecule has 7 nitrogen and oxygen atoms in total. The molecule has 0 radical (unpaired) electrons. The van der Waals surface area contributed by atoms with Crippen LogP contribution in [-0.4, -0.2) is 23.5 Å². The van der Waals surface area contributed by atoms with Gasteiger partial charge in [0, 0.05) is 5.56 Å². The van der Waals surface area contributed by atoms with E-state index in [2.05, 4.69) is 15.8 Å². The van der Waals surface area contributed by atoms with Gasteiger partial charge in [-0.2, -0.15) is 5.10 Å². The number of esters is 1. The van der Waals surface area contributed by atoms with E-state index in [1.165, 1.54) is 18.2 Å². The van der Waals surface area contributed by atoms with Crippen molar-refractivity contribution in [3.05, 3.63) is 95.3 Å². The summed E-state index contributed by atoms with van der Waals surface area (Å²) in [6, 6.07) is 19.0. The van der Waals surface area contributed by atoms with Crippen molar-refractivity contribution in [2.45, 2.75) is 13.8 Å². The molecule has 0 aliphatic carbocycles. The molecule has 0 atom stereocenters. The number of halogens is 1. The maximum Gasteiger partial charge on any atom is 0.343 e. The number of para-hydroxylation sites is 2. The van der Waals surface area contributed by atoms with Crippen LogP contribution in [0.3, 0.4) is 0 Å². The Kier molecular flexibility index (Phi) is 7.07. The van der Waals surface area contributed by atoms with Crippen molar-refractivity contribution in [3.63, 3.8) is 0 Å². The van der Waals surface area contributed by atoms with Crippen molar-refractivity contribution in [1.82, 2.24) is 5.43 Å². The molecule has 3 aromatic carbocycles. The number of amides is 2. The van der Waals surface area contributed by atoms with Gasteiger partial charge in [-0.15, -0.1) is 0 Å². The van der Waals surface area contributed by atoms with Crippen LogP contribution in [0.4, 0.5) is 10.1 Å². The fraction of sp³-hybridized carbons (Fsp3) is 0.0833. The Bertz CT molecular complexity index is 1190. The Morgan fingerprint density at radius 3 is 2.25 bits per heavy atom. The Morgan fingerprint density at radius 2 is 1.53 bits per heavy atom. The Labute approximate surface area is 183 Å². The number of anilines is 1. The molecule has 0 aliphatic rings. The van der Waals surface area contributed by atoms with E-state index in [1.54, 1.807) is 55.5 Å². The quantitative estimate of drug-likeness (QED) is 0.210. The van der Waals surface area contributed by atoms with E-state index >= 15 is 0 Å². The number of ether oxygens (including phenoxy) is 1. The molecule has 0 saturated carbocycles. The average Bonchev–Trinajstić information content (AvgIpc) is 2.79. The third kappa shape index (κ3) is 5.63. The van der Waals surface area contributed by atoms with Crippen LogP contribution in [0, 0.1) is 12.7 Å². The summed E-state index contributed by atoms with van der Waals surface area (Å²) < 4.78 is 19.1. The summed E-state index contributed by atoms with van der Waals surface area (Å²) in [7, 11) is 0. The van der Waals surface area contributed by atoms with Gasteiger partial charge in [0.1, 0.15) is 11.6 Å². The zero-order chi connectivity index (χ0) is 23.1. The molecular formula is C24H20FN3O4. The molecule has 32 heavy (non-hydrogen) atoms. The predicted octanol–water partition coefficient (Wildman–Crippen LogP) is 3.83. The zero-order valence-corrected chi connectivity index (χ0v) is 17.4. The molecule has 0 aromatic heterocycles. The van der Waals surface area contributed by atoms with Gasteiger partial charge in [0.2, 0.25) is 0 Å². The minimum absolute atomic E-state index is 0.123. The molecule has 0 saturated heterocycles. The van der Waals surface area contributed by atoms with Crippen LogP contribution in [0.5, 0.6) is 5.75 Å². The molecule has 0 spiro atoms. The van der Waals surface area contributed by atoms with E-state index < -0.39 is 23.6 Å². The molecule has 2 amide bonds. The van der Waals surface area contributed by atoms with Gasteiger partial charge in [-0.05, 0) is 50.2 Å². The SMILES string of the molecule is CC(=NNC(=O)C(=O)Nc1ccccc1F)c1ccccc1OC(=O)c1ccc(C)cc1. The highest BCUT2D eigenvalue weighted by atomic mass is 19.1. The minimum Gasteiger partial charge on any atom is -0.422 e. The van der Waals surface area contributed by atoms with E-state index in [-0.39, 0.29) is 11.4 Å². The summed E-state index contributed by atoms with van der Waals surface area (Å²) in [6.45, 7) is 3.49. The number of nitrogens with zero attached hydrogens (tertiary/aromatic N) is 1. The smallest absolute Gasteiger partial charge is 0.343 e.